The molecule has 3 heterocycles. The number of fused-ring (bicyclic) bond motifs is 8. The first-order valence-electron chi connectivity index (χ1n) is 11.3. The molecular formula is C25H30O9. The molecule has 0 amide bonds. The van der Waals surface area contributed by atoms with Crippen molar-refractivity contribution in [1.29, 1.82) is 0 Å². The summed E-state index contributed by atoms with van der Waals surface area (Å²) in [6.07, 6.45) is -5.71. The standard InChI is InChI=1S/C25H30O9/c1-31-24-22(29)21(28)23(30)25(34-24)33-19-11-6-15-3-8-17(27)13-16(26)7-2-14-4-9-18(10-5-14)32-20(19)12-15/h4-6,9-12,17,21-25,27-30H,2-3,7-8,13H2,1H3/t17?,21?,22-,23?,24?,25-/m1/s1. The van der Waals surface area contributed by atoms with E-state index in [1.54, 1.807) is 30.3 Å². The fourth-order valence-corrected chi connectivity index (χ4v) is 4.06. The predicted octanol–water partition coefficient (Wildman–Crippen LogP) is 1.47. The topological polar surface area (TPSA) is 135 Å². The highest BCUT2D eigenvalue weighted by atomic mass is 16.8. The lowest BCUT2D eigenvalue weighted by molar-refractivity contribution is -0.327. The van der Waals surface area contributed by atoms with Gasteiger partial charge < -0.3 is 39.4 Å². The Labute approximate surface area is 197 Å². The van der Waals surface area contributed by atoms with Gasteiger partial charge in [-0.3, -0.25) is 4.79 Å². The van der Waals surface area contributed by atoms with Gasteiger partial charge in [-0.15, -0.1) is 0 Å². The molecule has 9 nitrogen and oxygen atoms in total. The van der Waals surface area contributed by atoms with Gasteiger partial charge in [0.25, 0.3) is 0 Å². The monoisotopic (exact) mass is 474 g/mol. The van der Waals surface area contributed by atoms with Crippen molar-refractivity contribution < 1.29 is 44.2 Å². The minimum absolute atomic E-state index is 0.0276. The molecule has 34 heavy (non-hydrogen) atoms. The number of ether oxygens (including phenoxy) is 4. The Balaban J connectivity index is 1.61. The molecule has 184 valence electrons. The maximum absolute atomic E-state index is 12.2. The van der Waals surface area contributed by atoms with Gasteiger partial charge >= 0.3 is 0 Å². The number of Topliss-reactive ketones (excluding diaryl/α,β-unsaturated/α-hetero) is 1. The van der Waals surface area contributed by atoms with E-state index in [1.165, 1.54) is 7.11 Å². The van der Waals surface area contributed by atoms with E-state index in [0.717, 1.165) is 11.1 Å². The van der Waals surface area contributed by atoms with Crippen LogP contribution in [0.3, 0.4) is 0 Å². The van der Waals surface area contributed by atoms with E-state index in [4.69, 9.17) is 18.9 Å². The van der Waals surface area contributed by atoms with Gasteiger partial charge in [0, 0.05) is 20.0 Å². The van der Waals surface area contributed by atoms with Crippen LogP contribution in [0.1, 0.15) is 30.4 Å². The van der Waals surface area contributed by atoms with Gasteiger partial charge in [0.05, 0.1) is 6.10 Å². The van der Waals surface area contributed by atoms with Crippen molar-refractivity contribution >= 4 is 5.78 Å². The molecule has 5 rings (SSSR count). The van der Waals surface area contributed by atoms with Crippen LogP contribution in [0.4, 0.5) is 0 Å². The van der Waals surface area contributed by atoms with Crippen molar-refractivity contribution in [2.75, 3.05) is 7.11 Å². The van der Waals surface area contributed by atoms with Crippen molar-refractivity contribution in [3.8, 4) is 17.2 Å². The number of methoxy groups -OCH3 is 1. The summed E-state index contributed by atoms with van der Waals surface area (Å²) >= 11 is 0. The molecule has 1 saturated heterocycles. The molecule has 0 aliphatic carbocycles. The van der Waals surface area contributed by atoms with Crippen molar-refractivity contribution in [2.45, 2.75) is 69.1 Å². The molecule has 6 atom stereocenters. The minimum Gasteiger partial charge on any atom is -0.458 e. The van der Waals surface area contributed by atoms with Crippen molar-refractivity contribution in [2.24, 2.45) is 0 Å². The molecule has 2 aromatic rings. The molecule has 0 radical (unpaired) electrons. The number of hydrogen-bond acceptors (Lipinski definition) is 9. The Bertz CT molecular complexity index is 975. The Morgan fingerprint density at radius 3 is 2.29 bits per heavy atom. The summed E-state index contributed by atoms with van der Waals surface area (Å²) in [5, 5.41) is 40.8. The first kappa shape index (κ1) is 24.6. The second-order valence-corrected chi connectivity index (χ2v) is 8.66. The third kappa shape index (κ3) is 5.75. The maximum Gasteiger partial charge on any atom is 0.231 e. The van der Waals surface area contributed by atoms with Gasteiger partial charge in [-0.05, 0) is 54.7 Å². The molecule has 0 aromatic heterocycles. The number of hydrogen-bond donors (Lipinski definition) is 4. The number of carbonyl (C=O) groups is 1. The molecule has 3 aliphatic rings. The number of aliphatic hydroxyl groups is 4. The molecule has 4 unspecified atom stereocenters. The number of aliphatic hydroxyl groups excluding tert-OH is 4. The summed E-state index contributed by atoms with van der Waals surface area (Å²) in [6.45, 7) is 0. The number of benzene rings is 2. The Hall–Kier alpha value is -2.53. The van der Waals surface area contributed by atoms with Crippen molar-refractivity contribution in [3.05, 3.63) is 53.6 Å². The zero-order valence-electron chi connectivity index (χ0n) is 18.9. The van der Waals surface area contributed by atoms with Crippen LogP contribution in [0.5, 0.6) is 17.2 Å². The lowest BCUT2D eigenvalue weighted by Crippen LogP contribution is -2.59. The molecule has 9 heteroatoms. The summed E-state index contributed by atoms with van der Waals surface area (Å²) in [4.78, 5) is 12.2. The number of rotatable bonds is 3. The first-order valence-corrected chi connectivity index (χ1v) is 11.3. The smallest absolute Gasteiger partial charge is 0.231 e. The molecule has 3 aliphatic heterocycles. The summed E-state index contributed by atoms with van der Waals surface area (Å²) in [7, 11) is 1.31. The first-order chi connectivity index (χ1) is 16.3. The summed E-state index contributed by atoms with van der Waals surface area (Å²) in [5.41, 5.74) is 1.84. The lowest BCUT2D eigenvalue weighted by Gasteiger charge is -2.39. The van der Waals surface area contributed by atoms with Crippen LogP contribution in [0.15, 0.2) is 42.5 Å². The fraction of sp³-hybridized carbons (Fsp3) is 0.480. The Morgan fingerprint density at radius 1 is 0.853 bits per heavy atom. The largest absolute Gasteiger partial charge is 0.458 e. The highest BCUT2D eigenvalue weighted by molar-refractivity contribution is 5.79. The van der Waals surface area contributed by atoms with E-state index < -0.39 is 37.0 Å². The van der Waals surface area contributed by atoms with Crippen molar-refractivity contribution in [1.82, 2.24) is 0 Å². The summed E-state index contributed by atoms with van der Waals surface area (Å²) in [6, 6.07) is 12.5. The van der Waals surface area contributed by atoms with Gasteiger partial charge in [-0.2, -0.15) is 0 Å². The van der Waals surface area contributed by atoms with Gasteiger partial charge in [-0.25, -0.2) is 0 Å². The molecule has 4 bridgehead atoms. The van der Waals surface area contributed by atoms with Crippen LogP contribution in [0.25, 0.3) is 0 Å². The second-order valence-electron chi connectivity index (χ2n) is 8.66. The molecule has 0 saturated carbocycles. The van der Waals surface area contributed by atoms with Crippen molar-refractivity contribution in [3.63, 3.8) is 0 Å². The fourth-order valence-electron chi connectivity index (χ4n) is 4.06. The van der Waals surface area contributed by atoms with E-state index in [2.05, 4.69) is 0 Å². The van der Waals surface area contributed by atoms with Crippen LogP contribution >= 0.6 is 0 Å². The SMILES string of the molecule is COC1O[C@@H](Oc2ccc3cc2Oc2ccc(cc2)CCC(=O)CC(O)CC3)C(O)C(O)[C@H]1O. The normalized spacial score (nSPS) is 30.2. The molecular weight excluding hydrogens is 444 g/mol. The second kappa shape index (κ2) is 10.8. The zero-order valence-corrected chi connectivity index (χ0v) is 18.9. The zero-order chi connectivity index (χ0) is 24.2. The highest BCUT2D eigenvalue weighted by Crippen LogP contribution is 2.36. The van der Waals surface area contributed by atoms with Gasteiger partial charge in [0.2, 0.25) is 6.29 Å². The third-order valence-electron chi connectivity index (χ3n) is 6.08. The summed E-state index contributed by atoms with van der Waals surface area (Å²) in [5.74, 6) is 1.16. The Kier molecular flexibility index (Phi) is 7.82. The number of aryl methyl sites for hydroxylation is 2. The average molecular weight is 475 g/mol. The van der Waals surface area contributed by atoms with E-state index >= 15 is 0 Å². The molecule has 0 spiro atoms. The average Bonchev–Trinajstić information content (AvgIpc) is 2.83. The van der Waals surface area contributed by atoms with Crippen LogP contribution in [0.2, 0.25) is 0 Å². The Morgan fingerprint density at radius 2 is 1.56 bits per heavy atom. The van der Waals surface area contributed by atoms with Gasteiger partial charge in [-0.1, -0.05) is 18.2 Å². The minimum atomic E-state index is -1.53. The van der Waals surface area contributed by atoms with E-state index in [0.29, 0.717) is 37.2 Å². The molecule has 2 aromatic carbocycles. The van der Waals surface area contributed by atoms with Gasteiger partial charge in [0.1, 0.15) is 29.8 Å². The number of carbonyl (C=O) groups excluding carboxylic acids is 1. The summed E-state index contributed by atoms with van der Waals surface area (Å²) < 4.78 is 22.4. The van der Waals surface area contributed by atoms with Crippen LogP contribution in [-0.4, -0.2) is 70.3 Å². The van der Waals surface area contributed by atoms with E-state index in [9.17, 15) is 25.2 Å². The maximum atomic E-state index is 12.2. The third-order valence-corrected chi connectivity index (χ3v) is 6.08. The van der Waals surface area contributed by atoms with Crippen LogP contribution in [-0.2, 0) is 27.1 Å². The number of ketones is 1. The van der Waals surface area contributed by atoms with Crippen LogP contribution in [0, 0.1) is 0 Å². The lowest BCUT2D eigenvalue weighted by atomic mass is 10.00. The van der Waals surface area contributed by atoms with E-state index in [1.807, 2.05) is 12.1 Å². The van der Waals surface area contributed by atoms with E-state index in [-0.39, 0.29) is 18.0 Å². The molecule has 1 fully saturated rings. The quantitative estimate of drug-likeness (QED) is 0.521. The van der Waals surface area contributed by atoms with Crippen LogP contribution < -0.4 is 9.47 Å². The molecule has 4 N–H and O–H groups in total. The predicted molar refractivity (Wildman–Crippen MR) is 120 cm³/mol. The van der Waals surface area contributed by atoms with Gasteiger partial charge in [0.15, 0.2) is 17.8 Å². The highest BCUT2D eigenvalue weighted by Gasteiger charge is 2.45.